The average Bonchev–Trinajstić information content (AvgIpc) is 2.67. The summed E-state index contributed by atoms with van der Waals surface area (Å²) >= 11 is 0. The summed E-state index contributed by atoms with van der Waals surface area (Å²) < 4.78 is 5.86. The van der Waals surface area contributed by atoms with Gasteiger partial charge >= 0.3 is 5.97 Å². The van der Waals surface area contributed by atoms with Crippen LogP contribution in [0.5, 0.6) is 5.75 Å². The van der Waals surface area contributed by atoms with Gasteiger partial charge in [0.1, 0.15) is 12.4 Å². The monoisotopic (exact) mass is 346 g/mol. The number of carboxylic acid groups (broad SMARTS) is 1. The Balaban J connectivity index is 1.56. The number of aryl methyl sites for hydroxylation is 1. The van der Waals surface area contributed by atoms with Gasteiger partial charge in [-0.05, 0) is 47.2 Å². The molecule has 0 radical (unpaired) electrons. The summed E-state index contributed by atoms with van der Waals surface area (Å²) in [5.74, 6) is 0.0123. The molecule has 132 valence electrons. The Morgan fingerprint density at radius 2 is 1.46 bits per heavy atom. The molecule has 3 heteroatoms. The van der Waals surface area contributed by atoms with E-state index in [2.05, 4.69) is 48.5 Å². The van der Waals surface area contributed by atoms with Crippen molar-refractivity contribution in [2.24, 2.45) is 0 Å². The minimum atomic E-state index is -0.777. The Morgan fingerprint density at radius 3 is 2.19 bits per heavy atom. The van der Waals surface area contributed by atoms with Gasteiger partial charge in [-0.15, -0.1) is 0 Å². The lowest BCUT2D eigenvalue weighted by Gasteiger charge is -2.09. The van der Waals surface area contributed by atoms with Crippen molar-refractivity contribution in [1.29, 1.82) is 0 Å². The van der Waals surface area contributed by atoms with Gasteiger partial charge in [0.2, 0.25) is 0 Å². The van der Waals surface area contributed by atoms with E-state index < -0.39 is 5.97 Å². The van der Waals surface area contributed by atoms with E-state index in [-0.39, 0.29) is 6.42 Å². The molecule has 0 aromatic heterocycles. The van der Waals surface area contributed by atoms with Crippen LogP contribution < -0.4 is 4.74 Å². The molecule has 0 aliphatic carbocycles. The van der Waals surface area contributed by atoms with Crippen LogP contribution in [0.25, 0.3) is 0 Å². The first-order chi connectivity index (χ1) is 12.7. The molecule has 0 bridgehead atoms. The molecule has 0 saturated heterocycles. The predicted molar refractivity (Wildman–Crippen MR) is 102 cm³/mol. The van der Waals surface area contributed by atoms with Gasteiger partial charge in [0, 0.05) is 6.42 Å². The Hall–Kier alpha value is -3.07. The van der Waals surface area contributed by atoms with Gasteiger partial charge in [-0.2, -0.15) is 0 Å². The van der Waals surface area contributed by atoms with Crippen molar-refractivity contribution in [3.63, 3.8) is 0 Å². The third-order valence-corrected chi connectivity index (χ3v) is 4.20. The molecule has 3 nitrogen and oxygen atoms in total. The van der Waals surface area contributed by atoms with Crippen molar-refractivity contribution in [3.05, 3.63) is 101 Å². The maximum Gasteiger partial charge on any atom is 0.303 e. The molecule has 1 N–H and O–H groups in total. The second-order valence-corrected chi connectivity index (χ2v) is 6.31. The number of rotatable bonds is 8. The lowest BCUT2D eigenvalue weighted by atomic mass is 10.0. The minimum Gasteiger partial charge on any atom is -0.489 e. The maximum absolute atomic E-state index is 10.6. The van der Waals surface area contributed by atoms with Gasteiger partial charge in [0.15, 0.2) is 0 Å². The van der Waals surface area contributed by atoms with E-state index in [0.717, 1.165) is 23.3 Å². The van der Waals surface area contributed by atoms with E-state index in [1.54, 1.807) is 0 Å². The van der Waals surface area contributed by atoms with Crippen molar-refractivity contribution in [3.8, 4) is 5.75 Å². The first-order valence-electron chi connectivity index (χ1n) is 8.74. The normalized spacial score (nSPS) is 10.5. The van der Waals surface area contributed by atoms with Gasteiger partial charge in [0.05, 0.1) is 0 Å². The summed E-state index contributed by atoms with van der Waals surface area (Å²) in [6.45, 7) is 0.511. The zero-order valence-corrected chi connectivity index (χ0v) is 14.6. The summed E-state index contributed by atoms with van der Waals surface area (Å²) in [6, 6.07) is 26.5. The van der Waals surface area contributed by atoms with Crippen LogP contribution in [0.15, 0.2) is 78.9 Å². The molecular formula is C23H22O3. The van der Waals surface area contributed by atoms with E-state index in [1.165, 1.54) is 11.1 Å². The zero-order chi connectivity index (χ0) is 18.2. The Labute approximate surface area is 153 Å². The highest BCUT2D eigenvalue weighted by Crippen LogP contribution is 2.17. The Morgan fingerprint density at radius 1 is 0.769 bits per heavy atom. The number of hydrogen-bond donors (Lipinski definition) is 1. The zero-order valence-electron chi connectivity index (χ0n) is 14.6. The fraction of sp³-hybridized carbons (Fsp3) is 0.174. The molecule has 0 amide bonds. The molecule has 3 aromatic rings. The highest BCUT2D eigenvalue weighted by molar-refractivity contribution is 5.67. The highest BCUT2D eigenvalue weighted by Gasteiger charge is 2.02. The molecular weight excluding hydrogens is 324 g/mol. The van der Waals surface area contributed by atoms with Gasteiger partial charge in [-0.1, -0.05) is 66.7 Å². The van der Waals surface area contributed by atoms with Crippen molar-refractivity contribution < 1.29 is 14.6 Å². The van der Waals surface area contributed by atoms with Crippen LogP contribution >= 0.6 is 0 Å². The molecule has 0 spiro atoms. The lowest BCUT2D eigenvalue weighted by molar-refractivity contribution is -0.136. The Kier molecular flexibility index (Phi) is 6.05. The average molecular weight is 346 g/mol. The summed E-state index contributed by atoms with van der Waals surface area (Å²) in [4.78, 5) is 10.6. The highest BCUT2D eigenvalue weighted by atomic mass is 16.5. The first kappa shape index (κ1) is 17.7. The number of ether oxygens (including phenoxy) is 1. The lowest BCUT2D eigenvalue weighted by Crippen LogP contribution is -1.99. The van der Waals surface area contributed by atoms with Crippen molar-refractivity contribution in [2.45, 2.75) is 25.9 Å². The number of carbonyl (C=O) groups is 1. The summed E-state index contributed by atoms with van der Waals surface area (Å²) in [7, 11) is 0. The third kappa shape index (κ3) is 5.49. The molecule has 0 aliphatic rings. The quantitative estimate of drug-likeness (QED) is 0.633. The fourth-order valence-corrected chi connectivity index (χ4v) is 2.83. The SMILES string of the molecule is O=C(O)CCc1ccc(OCc2cccc(Cc3ccccc3)c2)cc1. The predicted octanol–water partition coefficient (Wildman–Crippen LogP) is 4.87. The number of aliphatic carboxylic acids is 1. The summed E-state index contributed by atoms with van der Waals surface area (Å²) in [5.41, 5.74) is 4.70. The molecule has 0 unspecified atom stereocenters. The van der Waals surface area contributed by atoms with Crippen LogP contribution in [0.2, 0.25) is 0 Å². The van der Waals surface area contributed by atoms with Crippen LogP contribution in [0.3, 0.4) is 0 Å². The largest absolute Gasteiger partial charge is 0.489 e. The summed E-state index contributed by atoms with van der Waals surface area (Å²) in [6.07, 6.45) is 1.60. The van der Waals surface area contributed by atoms with Crippen LogP contribution in [-0.2, 0) is 24.2 Å². The molecule has 26 heavy (non-hydrogen) atoms. The van der Waals surface area contributed by atoms with Crippen molar-refractivity contribution >= 4 is 5.97 Å². The Bertz CT molecular complexity index is 839. The number of benzene rings is 3. The molecule has 0 fully saturated rings. The van der Waals surface area contributed by atoms with E-state index in [4.69, 9.17) is 9.84 Å². The van der Waals surface area contributed by atoms with E-state index in [1.807, 2.05) is 30.3 Å². The van der Waals surface area contributed by atoms with Crippen molar-refractivity contribution in [1.82, 2.24) is 0 Å². The second kappa shape index (κ2) is 8.86. The van der Waals surface area contributed by atoms with E-state index >= 15 is 0 Å². The minimum absolute atomic E-state index is 0.147. The van der Waals surface area contributed by atoms with Crippen LogP contribution in [0.4, 0.5) is 0 Å². The van der Waals surface area contributed by atoms with Gasteiger partial charge in [-0.3, -0.25) is 4.79 Å². The van der Waals surface area contributed by atoms with Crippen LogP contribution in [-0.4, -0.2) is 11.1 Å². The fourth-order valence-electron chi connectivity index (χ4n) is 2.83. The first-order valence-corrected chi connectivity index (χ1v) is 8.74. The molecule has 0 heterocycles. The maximum atomic E-state index is 10.6. The van der Waals surface area contributed by atoms with Crippen molar-refractivity contribution in [2.75, 3.05) is 0 Å². The summed E-state index contributed by atoms with van der Waals surface area (Å²) in [5, 5.41) is 8.73. The molecule has 3 rings (SSSR count). The van der Waals surface area contributed by atoms with Gasteiger partial charge in [0.25, 0.3) is 0 Å². The van der Waals surface area contributed by atoms with Crippen LogP contribution in [0, 0.1) is 0 Å². The second-order valence-electron chi connectivity index (χ2n) is 6.31. The molecule has 3 aromatic carbocycles. The van der Waals surface area contributed by atoms with E-state index in [0.29, 0.717) is 13.0 Å². The topological polar surface area (TPSA) is 46.5 Å². The van der Waals surface area contributed by atoms with E-state index in [9.17, 15) is 4.79 Å². The standard InChI is InChI=1S/C23H22O3/c24-23(25)14-11-18-9-12-22(13-10-18)26-17-21-8-4-7-20(16-21)15-19-5-2-1-3-6-19/h1-10,12-13,16H,11,14-15,17H2,(H,24,25). The van der Waals surface area contributed by atoms with Gasteiger partial charge in [-0.25, -0.2) is 0 Å². The van der Waals surface area contributed by atoms with Crippen LogP contribution in [0.1, 0.15) is 28.7 Å². The number of hydrogen-bond acceptors (Lipinski definition) is 2. The van der Waals surface area contributed by atoms with Gasteiger partial charge < -0.3 is 9.84 Å². The molecule has 0 atom stereocenters. The molecule has 0 saturated carbocycles. The number of carboxylic acids is 1. The smallest absolute Gasteiger partial charge is 0.303 e. The third-order valence-electron chi connectivity index (χ3n) is 4.20. The molecule has 0 aliphatic heterocycles.